The Hall–Kier alpha value is -2.17. The molecule has 0 saturated carbocycles. The first-order valence-corrected chi connectivity index (χ1v) is 5.17. The first kappa shape index (κ1) is 11.3. The highest BCUT2D eigenvalue weighted by Crippen LogP contribution is 2.02. The number of imidazole rings is 1. The molecule has 1 heterocycles. The van der Waals surface area contributed by atoms with Gasteiger partial charge in [0.1, 0.15) is 5.82 Å². The third kappa shape index (κ3) is 2.69. The zero-order chi connectivity index (χ0) is 12.3. The minimum Gasteiger partial charge on any atom is -0.345 e. The van der Waals surface area contributed by atoms with Crippen LogP contribution in [0.5, 0.6) is 0 Å². The Morgan fingerprint density at radius 2 is 2.12 bits per heavy atom. The van der Waals surface area contributed by atoms with Crippen molar-refractivity contribution < 1.29 is 9.18 Å². The minimum atomic E-state index is -0.288. The molecule has 0 fully saturated rings. The van der Waals surface area contributed by atoms with Gasteiger partial charge in [-0.25, -0.2) is 9.37 Å². The number of amides is 1. The maximum absolute atomic E-state index is 12.7. The summed E-state index contributed by atoms with van der Waals surface area (Å²) >= 11 is 0. The number of nitrogens with zero attached hydrogens (tertiary/aromatic N) is 2. The highest BCUT2D eigenvalue weighted by Gasteiger charge is 2.09. The van der Waals surface area contributed by atoms with E-state index in [1.54, 1.807) is 36.1 Å². The van der Waals surface area contributed by atoms with Gasteiger partial charge in [0.2, 0.25) is 0 Å². The topological polar surface area (TPSA) is 46.9 Å². The number of aromatic nitrogens is 2. The number of carbonyl (C=O) groups is 1. The lowest BCUT2D eigenvalue weighted by atomic mass is 10.2. The molecule has 0 saturated heterocycles. The average Bonchev–Trinajstić information content (AvgIpc) is 2.74. The molecule has 0 aliphatic heterocycles. The largest absolute Gasteiger partial charge is 0.345 e. The van der Waals surface area contributed by atoms with E-state index in [9.17, 15) is 9.18 Å². The lowest BCUT2D eigenvalue weighted by molar-refractivity contribution is 0.0937. The summed E-state index contributed by atoms with van der Waals surface area (Å²) < 4.78 is 14.3. The summed E-state index contributed by atoms with van der Waals surface area (Å²) in [6.45, 7) is 0.353. The van der Waals surface area contributed by atoms with E-state index in [1.807, 2.05) is 0 Å². The molecule has 5 heteroatoms. The predicted octanol–water partition coefficient (Wildman–Crippen LogP) is 1.49. The van der Waals surface area contributed by atoms with E-state index in [1.165, 1.54) is 12.1 Å². The van der Waals surface area contributed by atoms with Gasteiger partial charge in [-0.3, -0.25) is 4.79 Å². The smallest absolute Gasteiger partial charge is 0.287 e. The number of hydrogen-bond acceptors (Lipinski definition) is 2. The van der Waals surface area contributed by atoms with Gasteiger partial charge in [-0.05, 0) is 17.7 Å². The van der Waals surface area contributed by atoms with Gasteiger partial charge in [0, 0.05) is 26.0 Å². The van der Waals surface area contributed by atoms with E-state index in [2.05, 4.69) is 10.3 Å². The minimum absolute atomic E-state index is 0.248. The number of carbonyl (C=O) groups excluding carboxylic acids is 1. The van der Waals surface area contributed by atoms with E-state index < -0.39 is 0 Å². The van der Waals surface area contributed by atoms with Gasteiger partial charge in [0.15, 0.2) is 5.82 Å². The number of aryl methyl sites for hydroxylation is 1. The molecule has 0 atom stereocenters. The normalized spacial score (nSPS) is 10.2. The van der Waals surface area contributed by atoms with E-state index in [4.69, 9.17) is 0 Å². The van der Waals surface area contributed by atoms with Gasteiger partial charge >= 0.3 is 0 Å². The second-order valence-electron chi connectivity index (χ2n) is 3.67. The lowest BCUT2D eigenvalue weighted by Crippen LogP contribution is -2.25. The fraction of sp³-hybridized carbons (Fsp3) is 0.167. The Bertz CT molecular complexity index is 519. The molecule has 0 bridgehead atoms. The Balaban J connectivity index is 1.97. The van der Waals surface area contributed by atoms with E-state index >= 15 is 0 Å². The number of halogens is 1. The molecule has 88 valence electrons. The van der Waals surface area contributed by atoms with Crippen molar-refractivity contribution in [3.8, 4) is 0 Å². The predicted molar refractivity (Wildman–Crippen MR) is 60.8 cm³/mol. The van der Waals surface area contributed by atoms with Crippen LogP contribution in [0.25, 0.3) is 0 Å². The molecule has 0 unspecified atom stereocenters. The van der Waals surface area contributed by atoms with Crippen LogP contribution < -0.4 is 5.32 Å². The molecule has 0 radical (unpaired) electrons. The molecule has 0 spiro atoms. The highest BCUT2D eigenvalue weighted by atomic mass is 19.1. The van der Waals surface area contributed by atoms with Gasteiger partial charge in [0.25, 0.3) is 5.91 Å². The second kappa shape index (κ2) is 4.78. The Morgan fingerprint density at radius 1 is 1.41 bits per heavy atom. The van der Waals surface area contributed by atoms with Crippen molar-refractivity contribution in [3.05, 3.63) is 53.9 Å². The van der Waals surface area contributed by atoms with Crippen molar-refractivity contribution in [1.29, 1.82) is 0 Å². The number of nitrogens with one attached hydrogen (secondary N) is 1. The zero-order valence-corrected chi connectivity index (χ0v) is 9.35. The number of rotatable bonds is 3. The Kier molecular flexibility index (Phi) is 3.18. The molecule has 2 aromatic rings. The van der Waals surface area contributed by atoms with Crippen LogP contribution in [0.1, 0.15) is 16.2 Å². The molecule has 0 aliphatic rings. The van der Waals surface area contributed by atoms with Crippen molar-refractivity contribution in [2.45, 2.75) is 6.54 Å². The van der Waals surface area contributed by atoms with Crippen LogP contribution >= 0.6 is 0 Å². The summed E-state index contributed by atoms with van der Waals surface area (Å²) in [5, 5.41) is 2.72. The average molecular weight is 233 g/mol. The van der Waals surface area contributed by atoms with Crippen molar-refractivity contribution in [1.82, 2.24) is 14.9 Å². The molecule has 4 nitrogen and oxygen atoms in total. The first-order valence-electron chi connectivity index (χ1n) is 5.17. The van der Waals surface area contributed by atoms with Crippen molar-refractivity contribution in [3.63, 3.8) is 0 Å². The quantitative estimate of drug-likeness (QED) is 0.873. The summed E-state index contributed by atoms with van der Waals surface area (Å²) in [5.74, 6) is -0.182. The SMILES string of the molecule is Cn1ccnc1C(=O)NCc1ccc(F)cc1. The monoisotopic (exact) mass is 233 g/mol. The second-order valence-corrected chi connectivity index (χ2v) is 3.67. The molecule has 1 aromatic carbocycles. The maximum Gasteiger partial charge on any atom is 0.287 e. The first-order chi connectivity index (χ1) is 8.16. The summed E-state index contributed by atoms with van der Waals surface area (Å²) in [7, 11) is 1.75. The summed E-state index contributed by atoms with van der Waals surface area (Å²) in [5.41, 5.74) is 0.842. The van der Waals surface area contributed by atoms with Crippen LogP contribution in [-0.4, -0.2) is 15.5 Å². The highest BCUT2D eigenvalue weighted by molar-refractivity contribution is 5.90. The molecule has 0 aliphatic carbocycles. The van der Waals surface area contributed by atoms with Crippen molar-refractivity contribution in [2.75, 3.05) is 0 Å². The van der Waals surface area contributed by atoms with Crippen LogP contribution in [-0.2, 0) is 13.6 Å². The van der Waals surface area contributed by atoms with Crippen molar-refractivity contribution in [2.24, 2.45) is 7.05 Å². The van der Waals surface area contributed by atoms with Crippen LogP contribution in [0, 0.1) is 5.82 Å². The molecule has 17 heavy (non-hydrogen) atoms. The fourth-order valence-electron chi connectivity index (χ4n) is 1.45. The summed E-state index contributed by atoms with van der Waals surface area (Å²) in [6.07, 6.45) is 3.26. The Morgan fingerprint density at radius 3 is 2.71 bits per heavy atom. The van der Waals surface area contributed by atoms with Crippen LogP contribution in [0.3, 0.4) is 0 Å². The molecular weight excluding hydrogens is 221 g/mol. The van der Waals surface area contributed by atoms with Crippen LogP contribution in [0.15, 0.2) is 36.7 Å². The Labute approximate surface area is 98.1 Å². The summed E-state index contributed by atoms with van der Waals surface area (Å²) in [4.78, 5) is 15.6. The van der Waals surface area contributed by atoms with Crippen molar-refractivity contribution >= 4 is 5.91 Å². The van der Waals surface area contributed by atoms with E-state index in [0.717, 1.165) is 5.56 Å². The van der Waals surface area contributed by atoms with E-state index in [-0.39, 0.29) is 11.7 Å². The third-order valence-electron chi connectivity index (χ3n) is 2.39. The molecule has 2 rings (SSSR count). The maximum atomic E-state index is 12.7. The van der Waals surface area contributed by atoms with Gasteiger partial charge < -0.3 is 9.88 Å². The van der Waals surface area contributed by atoms with Gasteiger partial charge in [-0.2, -0.15) is 0 Å². The summed E-state index contributed by atoms with van der Waals surface area (Å²) in [6, 6.07) is 5.99. The zero-order valence-electron chi connectivity index (χ0n) is 9.35. The standard InChI is InChI=1S/C12H12FN3O/c1-16-7-6-14-11(16)12(17)15-8-9-2-4-10(13)5-3-9/h2-7H,8H2,1H3,(H,15,17). The van der Waals surface area contributed by atoms with Crippen LogP contribution in [0.4, 0.5) is 4.39 Å². The molecule has 1 amide bonds. The van der Waals surface area contributed by atoms with Crippen LogP contribution in [0.2, 0.25) is 0 Å². The van der Waals surface area contributed by atoms with Gasteiger partial charge in [0.05, 0.1) is 0 Å². The van der Waals surface area contributed by atoms with Gasteiger partial charge in [-0.15, -0.1) is 0 Å². The number of hydrogen-bond donors (Lipinski definition) is 1. The number of benzene rings is 1. The fourth-order valence-corrected chi connectivity index (χ4v) is 1.45. The molecular formula is C12H12FN3O. The third-order valence-corrected chi connectivity index (χ3v) is 2.39. The molecule has 1 N–H and O–H groups in total. The lowest BCUT2D eigenvalue weighted by Gasteiger charge is -2.05. The van der Waals surface area contributed by atoms with E-state index in [0.29, 0.717) is 12.4 Å². The molecule has 1 aromatic heterocycles. The van der Waals surface area contributed by atoms with Gasteiger partial charge in [-0.1, -0.05) is 12.1 Å².